The minimum Gasteiger partial charge on any atom is -0.497 e. The summed E-state index contributed by atoms with van der Waals surface area (Å²) in [5.41, 5.74) is 0.707. The average molecular weight is 368 g/mol. The van der Waals surface area contributed by atoms with Crippen molar-refractivity contribution in [2.45, 2.75) is 13.0 Å². The highest BCUT2D eigenvalue weighted by Gasteiger charge is 2.20. The lowest BCUT2D eigenvalue weighted by molar-refractivity contribution is -0.123. The minimum atomic E-state index is -0.994. The number of nitrogens with one attached hydrogen (secondary N) is 1. The van der Waals surface area contributed by atoms with Crippen molar-refractivity contribution in [2.75, 3.05) is 12.4 Å². The number of carbonyl (C=O) groups is 2. The van der Waals surface area contributed by atoms with E-state index in [1.165, 1.54) is 25.1 Å². The number of hydrogen-bond donors (Lipinski definition) is 1. The molecule has 0 heterocycles. The number of rotatable bonds is 5. The van der Waals surface area contributed by atoms with Crippen LogP contribution in [0.3, 0.4) is 0 Å². The zero-order chi connectivity index (χ0) is 17.7. The van der Waals surface area contributed by atoms with Gasteiger partial charge in [-0.2, -0.15) is 0 Å². The molecule has 2 rings (SSSR count). The van der Waals surface area contributed by atoms with Gasteiger partial charge in [-0.25, -0.2) is 4.79 Å². The predicted octanol–water partition coefficient (Wildman–Crippen LogP) is 4.19. The van der Waals surface area contributed by atoms with Crippen LogP contribution in [-0.2, 0) is 9.53 Å². The molecule has 0 bridgehead atoms. The first kappa shape index (κ1) is 18.1. The van der Waals surface area contributed by atoms with E-state index in [0.717, 1.165) is 0 Å². The molecule has 126 valence electrons. The molecule has 0 spiro atoms. The van der Waals surface area contributed by atoms with Crippen molar-refractivity contribution in [3.05, 3.63) is 58.1 Å². The highest BCUT2D eigenvalue weighted by Crippen LogP contribution is 2.22. The fourth-order valence-corrected chi connectivity index (χ4v) is 2.34. The first-order valence-electron chi connectivity index (χ1n) is 7.01. The van der Waals surface area contributed by atoms with Crippen molar-refractivity contribution in [3.8, 4) is 5.75 Å². The Morgan fingerprint density at radius 3 is 2.33 bits per heavy atom. The number of esters is 1. The molecule has 0 fully saturated rings. The second-order valence-corrected chi connectivity index (χ2v) is 5.73. The molecule has 1 atom stereocenters. The second kappa shape index (κ2) is 8.04. The maximum Gasteiger partial charge on any atom is 0.340 e. The largest absolute Gasteiger partial charge is 0.497 e. The first-order valence-corrected chi connectivity index (χ1v) is 7.77. The van der Waals surface area contributed by atoms with Crippen LogP contribution in [0.25, 0.3) is 0 Å². The number of benzene rings is 2. The van der Waals surface area contributed by atoms with E-state index in [1.807, 2.05) is 0 Å². The average Bonchev–Trinajstić information content (AvgIpc) is 2.55. The second-order valence-electron chi connectivity index (χ2n) is 4.89. The predicted molar refractivity (Wildman–Crippen MR) is 93.0 cm³/mol. The third-order valence-electron chi connectivity index (χ3n) is 3.16. The van der Waals surface area contributed by atoms with E-state index in [1.54, 1.807) is 31.4 Å². The SMILES string of the molecule is COc1ccc(NC(=O)[C@@H](C)OC(=O)c2ccc(Cl)cc2Cl)cc1. The zero-order valence-electron chi connectivity index (χ0n) is 13.0. The highest BCUT2D eigenvalue weighted by molar-refractivity contribution is 6.36. The lowest BCUT2D eigenvalue weighted by Gasteiger charge is -2.14. The fraction of sp³-hybridized carbons (Fsp3) is 0.176. The topological polar surface area (TPSA) is 64.6 Å². The molecule has 2 aromatic rings. The molecule has 2 aromatic carbocycles. The Morgan fingerprint density at radius 2 is 1.75 bits per heavy atom. The summed E-state index contributed by atoms with van der Waals surface area (Å²) in [4.78, 5) is 24.2. The number of hydrogen-bond acceptors (Lipinski definition) is 4. The van der Waals surface area contributed by atoms with E-state index in [-0.39, 0.29) is 10.6 Å². The Balaban J connectivity index is 1.98. The van der Waals surface area contributed by atoms with E-state index in [0.29, 0.717) is 16.5 Å². The van der Waals surface area contributed by atoms with Gasteiger partial charge in [-0.3, -0.25) is 4.79 Å². The fourth-order valence-electron chi connectivity index (χ4n) is 1.85. The molecular weight excluding hydrogens is 353 g/mol. The summed E-state index contributed by atoms with van der Waals surface area (Å²) in [7, 11) is 1.55. The number of ether oxygens (including phenoxy) is 2. The monoisotopic (exact) mass is 367 g/mol. The molecule has 0 unspecified atom stereocenters. The molecule has 5 nitrogen and oxygen atoms in total. The Kier molecular flexibility index (Phi) is 6.06. The van der Waals surface area contributed by atoms with Gasteiger partial charge in [-0.1, -0.05) is 23.2 Å². The van der Waals surface area contributed by atoms with Crippen molar-refractivity contribution < 1.29 is 19.1 Å². The molecular formula is C17H15Cl2NO4. The van der Waals surface area contributed by atoms with Crippen molar-refractivity contribution in [3.63, 3.8) is 0 Å². The van der Waals surface area contributed by atoms with Gasteiger partial charge in [-0.05, 0) is 49.4 Å². The van der Waals surface area contributed by atoms with Crippen LogP contribution < -0.4 is 10.1 Å². The Hall–Kier alpha value is -2.24. The van der Waals surface area contributed by atoms with Crippen LogP contribution in [0, 0.1) is 0 Å². The van der Waals surface area contributed by atoms with E-state index >= 15 is 0 Å². The quantitative estimate of drug-likeness (QED) is 0.804. The molecule has 1 amide bonds. The van der Waals surface area contributed by atoms with Gasteiger partial charge in [0.25, 0.3) is 5.91 Å². The molecule has 1 N–H and O–H groups in total. The summed E-state index contributed by atoms with van der Waals surface area (Å²) in [6.45, 7) is 1.47. The van der Waals surface area contributed by atoms with Crippen LogP contribution in [0.15, 0.2) is 42.5 Å². The van der Waals surface area contributed by atoms with Gasteiger partial charge in [0.2, 0.25) is 0 Å². The Morgan fingerprint density at radius 1 is 1.08 bits per heavy atom. The van der Waals surface area contributed by atoms with Crippen LogP contribution in [0.1, 0.15) is 17.3 Å². The van der Waals surface area contributed by atoms with Crippen molar-refractivity contribution in [1.82, 2.24) is 0 Å². The van der Waals surface area contributed by atoms with Gasteiger partial charge in [0, 0.05) is 10.7 Å². The molecule has 0 aliphatic rings. The van der Waals surface area contributed by atoms with Crippen LogP contribution in [-0.4, -0.2) is 25.1 Å². The lowest BCUT2D eigenvalue weighted by Crippen LogP contribution is -2.30. The maximum atomic E-state index is 12.1. The normalized spacial score (nSPS) is 11.5. The van der Waals surface area contributed by atoms with Crippen molar-refractivity contribution >= 4 is 40.8 Å². The van der Waals surface area contributed by atoms with E-state index in [2.05, 4.69) is 5.32 Å². The van der Waals surface area contributed by atoms with Gasteiger partial charge in [0.05, 0.1) is 17.7 Å². The lowest BCUT2D eigenvalue weighted by atomic mass is 10.2. The van der Waals surface area contributed by atoms with Crippen LogP contribution in [0.4, 0.5) is 5.69 Å². The molecule has 24 heavy (non-hydrogen) atoms. The van der Waals surface area contributed by atoms with Gasteiger partial charge >= 0.3 is 5.97 Å². The third kappa shape index (κ3) is 4.63. The smallest absolute Gasteiger partial charge is 0.340 e. The molecule has 7 heteroatoms. The van der Waals surface area contributed by atoms with E-state index < -0.39 is 18.0 Å². The van der Waals surface area contributed by atoms with Crippen LogP contribution in [0.2, 0.25) is 10.0 Å². The Labute approximate surface area is 149 Å². The van der Waals surface area contributed by atoms with Crippen LogP contribution >= 0.6 is 23.2 Å². The summed E-state index contributed by atoms with van der Waals surface area (Å²) in [6.07, 6.45) is -0.994. The first-order chi connectivity index (χ1) is 11.4. The zero-order valence-corrected chi connectivity index (χ0v) is 14.5. The summed E-state index contributed by atoms with van der Waals surface area (Å²) in [6, 6.07) is 11.2. The number of anilines is 1. The van der Waals surface area contributed by atoms with Crippen LogP contribution in [0.5, 0.6) is 5.75 Å². The number of halogens is 2. The molecule has 0 saturated heterocycles. The molecule has 0 aromatic heterocycles. The number of carbonyl (C=O) groups excluding carboxylic acids is 2. The van der Waals surface area contributed by atoms with Gasteiger partial charge in [-0.15, -0.1) is 0 Å². The summed E-state index contributed by atoms with van der Waals surface area (Å²) >= 11 is 11.7. The third-order valence-corrected chi connectivity index (χ3v) is 3.71. The minimum absolute atomic E-state index is 0.144. The standard InChI is InChI=1S/C17H15Cl2NO4/c1-10(16(21)20-12-4-6-13(23-2)7-5-12)24-17(22)14-8-3-11(18)9-15(14)19/h3-10H,1-2H3,(H,20,21)/t10-/m1/s1. The summed E-state index contributed by atoms with van der Waals surface area (Å²) in [5.74, 6) is -0.488. The van der Waals surface area contributed by atoms with Crippen molar-refractivity contribution in [2.24, 2.45) is 0 Å². The summed E-state index contributed by atoms with van der Waals surface area (Å²) in [5, 5.41) is 3.21. The van der Waals surface area contributed by atoms with Gasteiger partial charge in [0.1, 0.15) is 5.75 Å². The number of methoxy groups -OCH3 is 1. The summed E-state index contributed by atoms with van der Waals surface area (Å²) < 4.78 is 10.2. The van der Waals surface area contributed by atoms with E-state index in [9.17, 15) is 9.59 Å². The van der Waals surface area contributed by atoms with Gasteiger partial charge < -0.3 is 14.8 Å². The van der Waals surface area contributed by atoms with Gasteiger partial charge in [0.15, 0.2) is 6.10 Å². The molecule has 0 aliphatic heterocycles. The van der Waals surface area contributed by atoms with E-state index in [4.69, 9.17) is 32.7 Å². The molecule has 0 aliphatic carbocycles. The molecule has 0 radical (unpaired) electrons. The van der Waals surface area contributed by atoms with Crippen molar-refractivity contribution in [1.29, 1.82) is 0 Å². The highest BCUT2D eigenvalue weighted by atomic mass is 35.5. The maximum absolute atomic E-state index is 12.1. The molecule has 0 saturated carbocycles. The Bertz CT molecular complexity index is 747. The number of amides is 1.